The summed E-state index contributed by atoms with van der Waals surface area (Å²) in [6.07, 6.45) is 2.04. The Morgan fingerprint density at radius 2 is 1.38 bits per heavy atom. The number of halogens is 5. The maximum absolute atomic E-state index is 14.1. The number of hydrogen-bond donors (Lipinski definition) is 0. The van der Waals surface area contributed by atoms with E-state index < -0.39 is 49.1 Å². The SMILES string of the molecule is CC[Si](OC)(OC)C1CCCC(c2c(F)c(F)c(F)c(F)c2F)C1. The van der Waals surface area contributed by atoms with E-state index in [1.54, 1.807) is 14.2 Å². The molecule has 2 rings (SSSR count). The van der Waals surface area contributed by atoms with Crippen LogP contribution in [0.25, 0.3) is 0 Å². The molecule has 8 heteroatoms. The zero-order valence-electron chi connectivity index (χ0n) is 13.9. The highest BCUT2D eigenvalue weighted by Crippen LogP contribution is 2.47. The third-order valence-electron chi connectivity index (χ3n) is 5.13. The molecule has 0 amide bonds. The standard InChI is InChI=1S/C16H21F5O2Si/c1-4-24(22-2,23-3)10-7-5-6-9(8-10)11-12(17)14(19)16(21)15(20)13(11)18/h9-10H,4-8H2,1-3H3. The van der Waals surface area contributed by atoms with Gasteiger partial charge in [-0.25, -0.2) is 22.0 Å². The summed E-state index contributed by atoms with van der Waals surface area (Å²) in [6, 6.07) is 0.647. The van der Waals surface area contributed by atoms with Crippen molar-refractivity contribution < 1.29 is 30.8 Å². The van der Waals surface area contributed by atoms with Gasteiger partial charge in [0, 0.05) is 25.3 Å². The number of rotatable bonds is 5. The van der Waals surface area contributed by atoms with Crippen LogP contribution in [0, 0.1) is 29.1 Å². The van der Waals surface area contributed by atoms with Crippen LogP contribution >= 0.6 is 0 Å². The zero-order valence-corrected chi connectivity index (χ0v) is 14.9. The molecule has 0 N–H and O–H groups in total. The van der Waals surface area contributed by atoms with Crippen LogP contribution in [0.1, 0.15) is 44.1 Å². The molecule has 136 valence electrons. The van der Waals surface area contributed by atoms with Crippen LogP contribution in [0.15, 0.2) is 0 Å². The lowest BCUT2D eigenvalue weighted by Crippen LogP contribution is -2.46. The summed E-state index contributed by atoms with van der Waals surface area (Å²) in [7, 11) is 0.515. The lowest BCUT2D eigenvalue weighted by atomic mass is 9.83. The average molecular weight is 368 g/mol. The molecule has 0 bridgehead atoms. The molecule has 0 spiro atoms. The van der Waals surface area contributed by atoms with Crippen LogP contribution in [0.5, 0.6) is 0 Å². The van der Waals surface area contributed by atoms with E-state index in [2.05, 4.69) is 0 Å². The van der Waals surface area contributed by atoms with Crippen molar-refractivity contribution >= 4 is 8.56 Å². The minimum absolute atomic E-state index is 0.0637. The topological polar surface area (TPSA) is 18.5 Å². The minimum Gasteiger partial charge on any atom is -0.397 e. The molecule has 0 heterocycles. The van der Waals surface area contributed by atoms with Crippen molar-refractivity contribution in [2.75, 3.05) is 14.2 Å². The molecule has 1 fully saturated rings. The van der Waals surface area contributed by atoms with Crippen LogP contribution in [0.2, 0.25) is 11.6 Å². The molecule has 24 heavy (non-hydrogen) atoms. The number of hydrogen-bond acceptors (Lipinski definition) is 2. The molecule has 0 saturated heterocycles. The largest absolute Gasteiger partial charge is 0.397 e. The number of benzene rings is 1. The van der Waals surface area contributed by atoms with Gasteiger partial charge in [-0.15, -0.1) is 0 Å². The molecule has 0 aliphatic heterocycles. The van der Waals surface area contributed by atoms with Gasteiger partial charge in [-0.05, 0) is 31.2 Å². The Bertz CT molecular complexity index is 569. The first-order valence-electron chi connectivity index (χ1n) is 7.94. The van der Waals surface area contributed by atoms with Gasteiger partial charge in [0.15, 0.2) is 23.3 Å². The van der Waals surface area contributed by atoms with Gasteiger partial charge in [-0.3, -0.25) is 0 Å². The van der Waals surface area contributed by atoms with E-state index >= 15 is 0 Å². The van der Waals surface area contributed by atoms with Crippen LogP contribution in [-0.2, 0) is 8.85 Å². The lowest BCUT2D eigenvalue weighted by Gasteiger charge is -2.39. The van der Waals surface area contributed by atoms with Gasteiger partial charge in [0.25, 0.3) is 0 Å². The predicted octanol–water partition coefficient (Wildman–Crippen LogP) is 5.16. The fraction of sp³-hybridized carbons (Fsp3) is 0.625. The molecule has 2 unspecified atom stereocenters. The minimum atomic E-state index is -2.57. The Kier molecular flexibility index (Phi) is 6.03. The summed E-state index contributed by atoms with van der Waals surface area (Å²) in [5.41, 5.74) is -0.770. The van der Waals surface area contributed by atoms with Crippen molar-refractivity contribution in [1.82, 2.24) is 0 Å². The fourth-order valence-electron chi connectivity index (χ4n) is 3.83. The Morgan fingerprint density at radius 1 is 0.875 bits per heavy atom. The molecule has 0 radical (unpaired) electrons. The summed E-state index contributed by atoms with van der Waals surface area (Å²) in [4.78, 5) is 0. The average Bonchev–Trinajstić information content (AvgIpc) is 2.61. The molecule has 2 nitrogen and oxygen atoms in total. The van der Waals surface area contributed by atoms with Crippen LogP contribution in [0.3, 0.4) is 0 Å². The summed E-state index contributed by atoms with van der Waals surface area (Å²) in [5.74, 6) is -10.1. The van der Waals surface area contributed by atoms with E-state index in [4.69, 9.17) is 8.85 Å². The second kappa shape index (κ2) is 7.49. The quantitative estimate of drug-likeness (QED) is 0.309. The Hall–Kier alpha value is -0.993. The van der Waals surface area contributed by atoms with Crippen LogP contribution < -0.4 is 0 Å². The highest BCUT2D eigenvalue weighted by Gasteiger charge is 2.46. The van der Waals surface area contributed by atoms with E-state index in [1.807, 2.05) is 6.92 Å². The third kappa shape index (κ3) is 3.11. The summed E-state index contributed by atoms with van der Waals surface area (Å²) >= 11 is 0. The van der Waals surface area contributed by atoms with Gasteiger partial charge in [0.1, 0.15) is 0 Å². The molecular weight excluding hydrogens is 347 g/mol. The van der Waals surface area contributed by atoms with E-state index in [0.29, 0.717) is 25.3 Å². The van der Waals surface area contributed by atoms with Crippen LogP contribution in [-0.4, -0.2) is 22.8 Å². The lowest BCUT2D eigenvalue weighted by molar-refractivity contribution is 0.212. The molecular formula is C16H21F5O2Si. The first-order chi connectivity index (χ1) is 11.3. The Morgan fingerprint density at radius 3 is 1.83 bits per heavy atom. The van der Waals surface area contributed by atoms with E-state index in [-0.39, 0.29) is 5.54 Å². The monoisotopic (exact) mass is 368 g/mol. The van der Waals surface area contributed by atoms with E-state index in [9.17, 15) is 22.0 Å². The first-order valence-corrected chi connectivity index (χ1v) is 10.0. The van der Waals surface area contributed by atoms with Gasteiger partial charge >= 0.3 is 8.56 Å². The smallest absolute Gasteiger partial charge is 0.340 e. The summed E-state index contributed by atoms with van der Waals surface area (Å²) in [5, 5.41) is 0. The van der Waals surface area contributed by atoms with Gasteiger partial charge in [-0.1, -0.05) is 13.3 Å². The van der Waals surface area contributed by atoms with Gasteiger partial charge in [0.05, 0.1) is 0 Å². The fourth-order valence-corrected chi connectivity index (χ4v) is 7.10. The van der Waals surface area contributed by atoms with E-state index in [0.717, 1.165) is 6.42 Å². The molecule has 0 aromatic heterocycles. The maximum Gasteiger partial charge on any atom is 0.340 e. The summed E-state index contributed by atoms with van der Waals surface area (Å²) in [6.45, 7) is 1.92. The van der Waals surface area contributed by atoms with Crippen molar-refractivity contribution in [3.05, 3.63) is 34.6 Å². The summed E-state index contributed by atoms with van der Waals surface area (Å²) < 4.78 is 79.6. The first kappa shape index (κ1) is 19.3. The van der Waals surface area contributed by atoms with Gasteiger partial charge in [-0.2, -0.15) is 0 Å². The van der Waals surface area contributed by atoms with Crippen LogP contribution in [0.4, 0.5) is 22.0 Å². The zero-order chi connectivity index (χ0) is 18.1. The molecule has 1 aliphatic carbocycles. The second-order valence-corrected chi connectivity index (χ2v) is 10.1. The maximum atomic E-state index is 14.1. The van der Waals surface area contributed by atoms with Crippen molar-refractivity contribution in [1.29, 1.82) is 0 Å². The Balaban J connectivity index is 2.41. The molecule has 1 saturated carbocycles. The molecule has 1 aliphatic rings. The highest BCUT2D eigenvalue weighted by atomic mass is 28.4. The molecule has 1 aromatic carbocycles. The molecule has 1 aromatic rings. The highest BCUT2D eigenvalue weighted by molar-refractivity contribution is 6.68. The predicted molar refractivity (Wildman–Crippen MR) is 81.4 cm³/mol. The molecule has 2 atom stereocenters. The normalized spacial score (nSPS) is 22.0. The third-order valence-corrected chi connectivity index (χ3v) is 9.27. The van der Waals surface area contributed by atoms with Gasteiger partial charge < -0.3 is 8.85 Å². The van der Waals surface area contributed by atoms with E-state index in [1.165, 1.54) is 0 Å². The van der Waals surface area contributed by atoms with Crippen molar-refractivity contribution in [3.8, 4) is 0 Å². The van der Waals surface area contributed by atoms with Crippen molar-refractivity contribution in [2.45, 2.75) is 50.1 Å². The second-order valence-electron chi connectivity index (χ2n) is 6.12. The Labute approximate surface area is 139 Å². The van der Waals surface area contributed by atoms with Crippen molar-refractivity contribution in [3.63, 3.8) is 0 Å². The van der Waals surface area contributed by atoms with Crippen molar-refractivity contribution in [2.24, 2.45) is 0 Å². The van der Waals surface area contributed by atoms with Gasteiger partial charge in [0.2, 0.25) is 5.82 Å².